The third-order valence-corrected chi connectivity index (χ3v) is 4.97. The van der Waals surface area contributed by atoms with Crippen molar-refractivity contribution in [1.82, 2.24) is 14.8 Å². The molecular weight excluding hydrogens is 361 g/mol. The van der Waals surface area contributed by atoms with Gasteiger partial charge in [0.15, 0.2) is 5.16 Å². The van der Waals surface area contributed by atoms with Crippen molar-refractivity contribution < 1.29 is 13.2 Å². The molecule has 24 heavy (non-hydrogen) atoms. The summed E-state index contributed by atoms with van der Waals surface area (Å²) in [6.07, 6.45) is -2.93. The van der Waals surface area contributed by atoms with Gasteiger partial charge in [-0.05, 0) is 25.0 Å². The van der Waals surface area contributed by atoms with Crippen LogP contribution in [0, 0.1) is 0 Å². The van der Waals surface area contributed by atoms with Crippen molar-refractivity contribution in [2.45, 2.75) is 30.6 Å². The number of rotatable bonds is 5. The van der Waals surface area contributed by atoms with Crippen LogP contribution in [0.3, 0.4) is 0 Å². The number of aromatic nitrogens is 3. The SMILES string of the molecule is FC(F)(F)CCSc1nnc(N2CCCC2)n1-c1ccccc1Cl. The van der Waals surface area contributed by atoms with Gasteiger partial charge >= 0.3 is 6.18 Å². The fraction of sp³-hybridized carbons (Fsp3) is 0.467. The average molecular weight is 377 g/mol. The van der Waals surface area contributed by atoms with Gasteiger partial charge in [-0.2, -0.15) is 13.2 Å². The van der Waals surface area contributed by atoms with Crippen LogP contribution >= 0.6 is 23.4 Å². The van der Waals surface area contributed by atoms with Crippen molar-refractivity contribution in [3.8, 4) is 5.69 Å². The Labute approximate surface area is 147 Å². The topological polar surface area (TPSA) is 34.0 Å². The second kappa shape index (κ2) is 7.23. The van der Waals surface area contributed by atoms with E-state index in [9.17, 15) is 13.2 Å². The van der Waals surface area contributed by atoms with E-state index >= 15 is 0 Å². The number of hydrogen-bond acceptors (Lipinski definition) is 4. The van der Waals surface area contributed by atoms with E-state index in [0.717, 1.165) is 37.7 Å². The highest BCUT2D eigenvalue weighted by molar-refractivity contribution is 7.99. The number of para-hydroxylation sites is 1. The molecule has 0 atom stereocenters. The van der Waals surface area contributed by atoms with E-state index in [-0.39, 0.29) is 5.75 Å². The molecule has 130 valence electrons. The van der Waals surface area contributed by atoms with Crippen LogP contribution in [0.4, 0.5) is 19.1 Å². The van der Waals surface area contributed by atoms with Gasteiger partial charge < -0.3 is 4.90 Å². The van der Waals surface area contributed by atoms with Gasteiger partial charge in [-0.15, -0.1) is 10.2 Å². The number of benzene rings is 1. The van der Waals surface area contributed by atoms with Gasteiger partial charge in [-0.25, -0.2) is 0 Å². The lowest BCUT2D eigenvalue weighted by molar-refractivity contribution is -0.129. The van der Waals surface area contributed by atoms with Crippen molar-refractivity contribution in [1.29, 1.82) is 0 Å². The summed E-state index contributed by atoms with van der Waals surface area (Å²) in [5, 5.41) is 9.25. The summed E-state index contributed by atoms with van der Waals surface area (Å²) >= 11 is 7.33. The molecule has 0 N–H and O–H groups in total. The van der Waals surface area contributed by atoms with E-state index in [4.69, 9.17) is 11.6 Å². The van der Waals surface area contributed by atoms with Crippen molar-refractivity contribution in [2.75, 3.05) is 23.7 Å². The van der Waals surface area contributed by atoms with Gasteiger partial charge in [-0.3, -0.25) is 4.57 Å². The molecule has 0 spiro atoms. The largest absolute Gasteiger partial charge is 0.389 e. The van der Waals surface area contributed by atoms with Crippen molar-refractivity contribution in [3.05, 3.63) is 29.3 Å². The number of nitrogens with zero attached hydrogens (tertiary/aromatic N) is 4. The van der Waals surface area contributed by atoms with Gasteiger partial charge in [0.25, 0.3) is 0 Å². The maximum Gasteiger partial charge on any atom is 0.389 e. The van der Waals surface area contributed by atoms with Crippen LogP contribution in [-0.2, 0) is 0 Å². The monoisotopic (exact) mass is 376 g/mol. The predicted octanol–water partition coefficient (Wildman–Crippen LogP) is 4.57. The Hall–Kier alpha value is -1.41. The summed E-state index contributed by atoms with van der Waals surface area (Å²) in [6, 6.07) is 7.20. The van der Waals surface area contributed by atoms with Crippen LogP contribution < -0.4 is 4.90 Å². The molecule has 1 aromatic heterocycles. The van der Waals surface area contributed by atoms with E-state index in [1.807, 2.05) is 18.2 Å². The summed E-state index contributed by atoms with van der Waals surface area (Å²) in [5.74, 6) is 0.529. The average Bonchev–Trinajstić information content (AvgIpc) is 3.15. The maximum absolute atomic E-state index is 12.4. The molecule has 2 heterocycles. The highest BCUT2D eigenvalue weighted by atomic mass is 35.5. The molecule has 1 saturated heterocycles. The number of hydrogen-bond donors (Lipinski definition) is 0. The van der Waals surface area contributed by atoms with Crippen molar-refractivity contribution in [2.24, 2.45) is 0 Å². The van der Waals surface area contributed by atoms with Crippen LogP contribution in [-0.4, -0.2) is 39.8 Å². The first-order valence-electron chi connectivity index (χ1n) is 7.60. The van der Waals surface area contributed by atoms with Gasteiger partial charge in [0.1, 0.15) is 0 Å². The quantitative estimate of drug-likeness (QED) is 0.716. The molecule has 1 aromatic carbocycles. The Bertz CT molecular complexity index is 698. The number of thioether (sulfide) groups is 1. The summed E-state index contributed by atoms with van der Waals surface area (Å²) in [5.41, 5.74) is 0.681. The number of halogens is 4. The minimum absolute atomic E-state index is 0.105. The minimum atomic E-state index is -4.18. The zero-order chi connectivity index (χ0) is 17.2. The smallest absolute Gasteiger partial charge is 0.341 e. The lowest BCUT2D eigenvalue weighted by atomic mass is 10.3. The summed E-state index contributed by atoms with van der Waals surface area (Å²) in [4.78, 5) is 2.09. The zero-order valence-corrected chi connectivity index (χ0v) is 14.3. The Kier molecular flexibility index (Phi) is 5.24. The highest BCUT2D eigenvalue weighted by Crippen LogP contribution is 2.33. The molecule has 0 aliphatic carbocycles. The number of alkyl halides is 3. The highest BCUT2D eigenvalue weighted by Gasteiger charge is 2.28. The first-order chi connectivity index (χ1) is 11.5. The van der Waals surface area contributed by atoms with Crippen LogP contribution in [0.1, 0.15) is 19.3 Å². The fourth-order valence-corrected chi connectivity index (χ4v) is 3.72. The first-order valence-corrected chi connectivity index (χ1v) is 8.97. The van der Waals surface area contributed by atoms with Crippen LogP contribution in [0.5, 0.6) is 0 Å². The fourth-order valence-electron chi connectivity index (χ4n) is 2.58. The van der Waals surface area contributed by atoms with E-state index in [1.54, 1.807) is 10.6 Å². The second-order valence-corrected chi connectivity index (χ2v) is 6.95. The van der Waals surface area contributed by atoms with E-state index < -0.39 is 12.6 Å². The van der Waals surface area contributed by atoms with Gasteiger partial charge in [0, 0.05) is 18.8 Å². The van der Waals surface area contributed by atoms with Crippen LogP contribution in [0.25, 0.3) is 5.69 Å². The Balaban J connectivity index is 1.92. The van der Waals surface area contributed by atoms with Crippen molar-refractivity contribution >= 4 is 29.3 Å². The summed E-state index contributed by atoms with van der Waals surface area (Å²) in [7, 11) is 0. The third kappa shape index (κ3) is 3.97. The molecule has 1 aliphatic rings. The molecular formula is C15H16ClF3N4S. The summed E-state index contributed by atoms with van der Waals surface area (Å²) in [6.45, 7) is 1.71. The molecule has 0 bridgehead atoms. The molecule has 0 amide bonds. The molecule has 3 rings (SSSR count). The van der Waals surface area contributed by atoms with Crippen LogP contribution in [0.2, 0.25) is 5.02 Å². The molecule has 2 aromatic rings. The predicted molar refractivity (Wildman–Crippen MR) is 89.2 cm³/mol. The van der Waals surface area contributed by atoms with E-state index in [0.29, 0.717) is 21.8 Å². The Morgan fingerprint density at radius 3 is 2.50 bits per heavy atom. The lowest BCUT2D eigenvalue weighted by Gasteiger charge is -2.19. The Morgan fingerprint density at radius 2 is 1.83 bits per heavy atom. The standard InChI is InChI=1S/C15H16ClF3N4S/c16-11-5-1-2-6-12(11)23-13(22-8-3-4-9-22)20-21-14(23)24-10-7-15(17,18)19/h1-2,5-6H,3-4,7-10H2. The first kappa shape index (κ1) is 17.4. The third-order valence-electron chi connectivity index (χ3n) is 3.72. The van der Waals surface area contributed by atoms with Gasteiger partial charge in [-0.1, -0.05) is 35.5 Å². The molecule has 0 unspecified atom stereocenters. The van der Waals surface area contributed by atoms with E-state index in [2.05, 4.69) is 15.1 Å². The lowest BCUT2D eigenvalue weighted by Crippen LogP contribution is -2.22. The molecule has 1 aliphatic heterocycles. The zero-order valence-electron chi connectivity index (χ0n) is 12.8. The Morgan fingerprint density at radius 1 is 1.12 bits per heavy atom. The van der Waals surface area contributed by atoms with E-state index in [1.165, 1.54) is 0 Å². The molecule has 0 saturated carbocycles. The molecule has 0 radical (unpaired) electrons. The number of anilines is 1. The van der Waals surface area contributed by atoms with Crippen molar-refractivity contribution in [3.63, 3.8) is 0 Å². The molecule has 1 fully saturated rings. The maximum atomic E-state index is 12.4. The summed E-state index contributed by atoms with van der Waals surface area (Å²) < 4.78 is 39.0. The van der Waals surface area contributed by atoms with Gasteiger partial charge in [0.05, 0.1) is 17.1 Å². The minimum Gasteiger partial charge on any atom is -0.341 e. The normalized spacial score (nSPS) is 15.2. The van der Waals surface area contributed by atoms with Gasteiger partial charge in [0.2, 0.25) is 5.95 Å². The molecule has 9 heteroatoms. The van der Waals surface area contributed by atoms with Crippen LogP contribution in [0.15, 0.2) is 29.4 Å². The molecule has 4 nitrogen and oxygen atoms in total. The second-order valence-electron chi connectivity index (χ2n) is 5.48.